The van der Waals surface area contributed by atoms with Gasteiger partial charge in [0.05, 0.1) is 16.1 Å². The molecule has 2 heterocycles. The average molecular weight is 335 g/mol. The van der Waals surface area contributed by atoms with Crippen LogP contribution in [0, 0.1) is 0 Å². The van der Waals surface area contributed by atoms with Crippen molar-refractivity contribution < 1.29 is 9.67 Å². The molecular formula is C20H19N2OS+. The van der Waals surface area contributed by atoms with Crippen LogP contribution in [-0.2, 0) is 6.54 Å². The third kappa shape index (κ3) is 2.58. The lowest BCUT2D eigenvalue weighted by atomic mass is 10.1. The van der Waals surface area contributed by atoms with Gasteiger partial charge in [0.1, 0.15) is 6.61 Å². The van der Waals surface area contributed by atoms with Crippen LogP contribution in [-0.4, -0.2) is 18.8 Å². The van der Waals surface area contributed by atoms with Crippen molar-refractivity contribution in [2.45, 2.75) is 11.4 Å². The van der Waals surface area contributed by atoms with E-state index in [1.165, 1.54) is 26.6 Å². The summed E-state index contributed by atoms with van der Waals surface area (Å²) in [5, 5.41) is 11.7. The van der Waals surface area contributed by atoms with Crippen molar-refractivity contribution in [2.24, 2.45) is 0 Å². The van der Waals surface area contributed by atoms with E-state index in [1.807, 2.05) is 6.07 Å². The molecule has 0 amide bonds. The molecule has 0 fully saturated rings. The van der Waals surface area contributed by atoms with Crippen LogP contribution in [0.5, 0.6) is 0 Å². The second kappa shape index (κ2) is 6.30. The number of rotatable bonds is 3. The van der Waals surface area contributed by atoms with Crippen molar-refractivity contribution in [3.63, 3.8) is 0 Å². The van der Waals surface area contributed by atoms with Crippen molar-refractivity contribution in [2.75, 3.05) is 18.6 Å². The monoisotopic (exact) mass is 335 g/mol. The lowest BCUT2D eigenvalue weighted by Gasteiger charge is -2.13. The SMILES string of the molecule is CN1/C(=C/c2cc[n+](CCO)c3ccccc23)Sc2ccccc21. The fourth-order valence-electron chi connectivity index (χ4n) is 3.12. The van der Waals surface area contributed by atoms with Crippen molar-refractivity contribution in [1.29, 1.82) is 0 Å². The standard InChI is InChI=1S/C20H19N2OS/c1-21-18-8-4-5-9-19(18)24-20(21)14-15-10-11-22(12-13-23)17-7-3-2-6-16(15)17/h2-11,14,23H,12-13H2,1H3/q+1. The molecule has 0 spiro atoms. The summed E-state index contributed by atoms with van der Waals surface area (Å²) in [4.78, 5) is 3.53. The highest BCUT2D eigenvalue weighted by Gasteiger charge is 2.22. The Balaban J connectivity index is 1.80. The van der Waals surface area contributed by atoms with Gasteiger partial charge in [0.15, 0.2) is 12.7 Å². The summed E-state index contributed by atoms with van der Waals surface area (Å²) in [6, 6.07) is 19.0. The molecule has 0 unspecified atom stereocenters. The summed E-state index contributed by atoms with van der Waals surface area (Å²) >= 11 is 1.80. The first-order chi connectivity index (χ1) is 11.8. The molecule has 4 rings (SSSR count). The number of hydrogen-bond donors (Lipinski definition) is 1. The molecule has 24 heavy (non-hydrogen) atoms. The summed E-state index contributed by atoms with van der Waals surface area (Å²) in [7, 11) is 2.11. The Morgan fingerprint density at radius 3 is 2.71 bits per heavy atom. The number of benzene rings is 2. The smallest absolute Gasteiger partial charge is 0.213 e. The highest BCUT2D eigenvalue weighted by atomic mass is 32.2. The number of thioether (sulfide) groups is 1. The number of nitrogens with zero attached hydrogens (tertiary/aromatic N) is 2. The predicted octanol–water partition coefficient (Wildman–Crippen LogP) is 3.66. The maximum Gasteiger partial charge on any atom is 0.213 e. The second-order valence-corrected chi connectivity index (χ2v) is 6.88. The van der Waals surface area contributed by atoms with Crippen molar-refractivity contribution >= 4 is 34.4 Å². The fourth-order valence-corrected chi connectivity index (χ4v) is 4.22. The Hall–Kier alpha value is -2.30. The number of aliphatic hydroxyl groups excluding tert-OH is 1. The molecule has 0 bridgehead atoms. The van der Waals surface area contributed by atoms with Gasteiger partial charge < -0.3 is 10.0 Å². The number of anilines is 1. The Bertz CT molecular complexity index is 936. The molecule has 1 N–H and O–H groups in total. The number of hydrogen-bond acceptors (Lipinski definition) is 3. The molecule has 1 aliphatic rings. The molecule has 120 valence electrons. The van der Waals surface area contributed by atoms with Crippen LogP contribution in [0.25, 0.3) is 17.0 Å². The number of fused-ring (bicyclic) bond motifs is 2. The quantitative estimate of drug-likeness (QED) is 0.740. The highest BCUT2D eigenvalue weighted by molar-refractivity contribution is 8.03. The van der Waals surface area contributed by atoms with Crippen LogP contribution in [0.1, 0.15) is 5.56 Å². The minimum atomic E-state index is 0.142. The lowest BCUT2D eigenvalue weighted by molar-refractivity contribution is -0.672. The Labute approximate surface area is 145 Å². The maximum absolute atomic E-state index is 9.27. The topological polar surface area (TPSA) is 27.4 Å². The van der Waals surface area contributed by atoms with E-state index in [4.69, 9.17) is 0 Å². The van der Waals surface area contributed by atoms with Gasteiger partial charge in [-0.15, -0.1) is 0 Å². The molecular weight excluding hydrogens is 316 g/mol. The first-order valence-corrected chi connectivity index (χ1v) is 8.84. The molecule has 1 aromatic heterocycles. The van der Waals surface area contributed by atoms with Crippen LogP contribution in [0.2, 0.25) is 0 Å². The summed E-state index contributed by atoms with van der Waals surface area (Å²) in [6.07, 6.45) is 4.30. The number of aromatic nitrogens is 1. The summed E-state index contributed by atoms with van der Waals surface area (Å²) < 4.78 is 2.09. The van der Waals surface area contributed by atoms with E-state index < -0.39 is 0 Å². The normalized spacial score (nSPS) is 15.2. The van der Waals surface area contributed by atoms with E-state index in [-0.39, 0.29) is 6.61 Å². The van der Waals surface area contributed by atoms with Crippen LogP contribution in [0.15, 0.2) is 70.7 Å². The fraction of sp³-hybridized carbons (Fsp3) is 0.150. The Morgan fingerprint density at radius 1 is 1.08 bits per heavy atom. The minimum absolute atomic E-state index is 0.142. The predicted molar refractivity (Wildman–Crippen MR) is 99.9 cm³/mol. The van der Waals surface area contributed by atoms with Gasteiger partial charge in [0.25, 0.3) is 0 Å². The Kier molecular flexibility index (Phi) is 4.00. The van der Waals surface area contributed by atoms with Gasteiger partial charge in [0.2, 0.25) is 5.52 Å². The van der Waals surface area contributed by atoms with Gasteiger partial charge in [-0.1, -0.05) is 36.0 Å². The molecule has 3 nitrogen and oxygen atoms in total. The molecule has 0 radical (unpaired) electrons. The summed E-state index contributed by atoms with van der Waals surface area (Å²) in [5.41, 5.74) is 3.59. The molecule has 0 atom stereocenters. The zero-order valence-electron chi connectivity index (χ0n) is 13.5. The van der Waals surface area contributed by atoms with Gasteiger partial charge >= 0.3 is 0 Å². The van der Waals surface area contributed by atoms with Gasteiger partial charge in [-0.3, -0.25) is 0 Å². The van der Waals surface area contributed by atoms with Gasteiger partial charge in [-0.05, 0) is 29.8 Å². The van der Waals surface area contributed by atoms with E-state index in [2.05, 4.69) is 77.3 Å². The third-order valence-corrected chi connectivity index (χ3v) is 5.52. The molecule has 0 saturated carbocycles. The van der Waals surface area contributed by atoms with Crippen LogP contribution < -0.4 is 9.47 Å². The van der Waals surface area contributed by atoms with E-state index >= 15 is 0 Å². The lowest BCUT2D eigenvalue weighted by Crippen LogP contribution is -2.36. The minimum Gasteiger partial charge on any atom is -0.390 e. The molecule has 4 heteroatoms. The van der Waals surface area contributed by atoms with E-state index in [1.54, 1.807) is 11.8 Å². The zero-order chi connectivity index (χ0) is 16.5. The molecule has 0 aliphatic carbocycles. The third-order valence-electron chi connectivity index (χ3n) is 4.35. The zero-order valence-corrected chi connectivity index (χ0v) is 14.3. The Morgan fingerprint density at radius 2 is 1.88 bits per heavy atom. The molecule has 2 aromatic carbocycles. The van der Waals surface area contributed by atoms with Crippen LogP contribution in [0.4, 0.5) is 5.69 Å². The summed E-state index contributed by atoms with van der Waals surface area (Å²) in [6.45, 7) is 0.750. The van der Waals surface area contributed by atoms with Gasteiger partial charge in [-0.25, -0.2) is 0 Å². The number of aliphatic hydroxyl groups is 1. The first kappa shape index (κ1) is 15.2. The number of pyridine rings is 1. The van der Waals surface area contributed by atoms with Crippen molar-refractivity contribution in [3.05, 3.63) is 71.4 Å². The van der Waals surface area contributed by atoms with Crippen molar-refractivity contribution in [3.8, 4) is 0 Å². The molecule has 0 saturated heterocycles. The first-order valence-electron chi connectivity index (χ1n) is 8.02. The molecule has 1 aliphatic heterocycles. The maximum atomic E-state index is 9.27. The van der Waals surface area contributed by atoms with E-state index in [0.29, 0.717) is 6.54 Å². The van der Waals surface area contributed by atoms with E-state index in [0.717, 1.165) is 5.52 Å². The van der Waals surface area contributed by atoms with Gasteiger partial charge in [0, 0.05) is 24.1 Å². The highest BCUT2D eigenvalue weighted by Crippen LogP contribution is 2.45. The molecule has 3 aromatic rings. The number of para-hydroxylation sites is 2. The van der Waals surface area contributed by atoms with Gasteiger partial charge in [-0.2, -0.15) is 4.57 Å². The largest absolute Gasteiger partial charge is 0.390 e. The van der Waals surface area contributed by atoms with Crippen LogP contribution >= 0.6 is 11.8 Å². The van der Waals surface area contributed by atoms with Crippen LogP contribution in [0.3, 0.4) is 0 Å². The summed E-state index contributed by atoms with van der Waals surface area (Å²) in [5.74, 6) is 0. The van der Waals surface area contributed by atoms with Crippen molar-refractivity contribution in [1.82, 2.24) is 0 Å². The second-order valence-electron chi connectivity index (χ2n) is 5.82. The van der Waals surface area contributed by atoms with E-state index in [9.17, 15) is 5.11 Å². The average Bonchev–Trinajstić information content (AvgIpc) is 2.93.